The topological polar surface area (TPSA) is 74.7 Å². The maximum atomic E-state index is 12.8. The van der Waals surface area contributed by atoms with E-state index in [1.807, 2.05) is 6.26 Å². The molecule has 1 N–H and O–H groups in total. The number of halogens is 1. The molecule has 0 saturated carbocycles. The molecule has 5 nitrogen and oxygen atoms in total. The van der Waals surface area contributed by atoms with Crippen LogP contribution in [0.5, 0.6) is 0 Å². The number of rotatable bonds is 4. The van der Waals surface area contributed by atoms with Gasteiger partial charge in [-0.3, -0.25) is 4.79 Å². The lowest BCUT2D eigenvalue weighted by Gasteiger charge is -2.36. The van der Waals surface area contributed by atoms with E-state index in [1.54, 1.807) is 13.0 Å². The maximum absolute atomic E-state index is 12.8. The zero-order valence-corrected chi connectivity index (χ0v) is 14.7. The van der Waals surface area contributed by atoms with Crippen molar-refractivity contribution >= 4 is 39.4 Å². The molecule has 122 valence electrons. The Labute approximate surface area is 139 Å². The summed E-state index contributed by atoms with van der Waals surface area (Å²) in [6.45, 7) is 1.97. The lowest BCUT2D eigenvalue weighted by atomic mass is 9.92. The summed E-state index contributed by atoms with van der Waals surface area (Å²) in [5.41, 5.74) is 0. The Bertz CT molecular complexity index is 677. The number of thioether (sulfide) groups is 1. The minimum atomic E-state index is -3.75. The van der Waals surface area contributed by atoms with Crippen LogP contribution < -0.4 is 0 Å². The van der Waals surface area contributed by atoms with Gasteiger partial charge in [-0.25, -0.2) is 8.42 Å². The van der Waals surface area contributed by atoms with Crippen LogP contribution in [0.1, 0.15) is 19.8 Å². The molecule has 8 heteroatoms. The minimum Gasteiger partial charge on any atom is -0.481 e. The van der Waals surface area contributed by atoms with Crippen molar-refractivity contribution in [1.29, 1.82) is 0 Å². The summed E-state index contributed by atoms with van der Waals surface area (Å²) in [5.74, 6) is -1.63. The molecule has 1 aromatic carbocycles. The van der Waals surface area contributed by atoms with Crippen LogP contribution in [-0.2, 0) is 14.8 Å². The van der Waals surface area contributed by atoms with Crippen molar-refractivity contribution in [2.75, 3.05) is 12.8 Å². The van der Waals surface area contributed by atoms with Crippen LogP contribution in [0.4, 0.5) is 0 Å². The number of hydrogen-bond acceptors (Lipinski definition) is 4. The number of piperidine rings is 1. The first-order chi connectivity index (χ1) is 10.3. The van der Waals surface area contributed by atoms with Gasteiger partial charge in [0.15, 0.2) is 0 Å². The Kier molecular flexibility index (Phi) is 5.42. The molecule has 1 saturated heterocycles. The Balaban J connectivity index is 2.37. The predicted octanol–water partition coefficient (Wildman–Crippen LogP) is 2.94. The normalized spacial score (nSPS) is 23.4. The van der Waals surface area contributed by atoms with E-state index in [1.165, 1.54) is 28.2 Å². The number of nitrogens with zero attached hydrogens (tertiary/aromatic N) is 1. The molecule has 0 radical (unpaired) electrons. The van der Waals surface area contributed by atoms with Gasteiger partial charge in [-0.05, 0) is 44.2 Å². The first-order valence-corrected chi connectivity index (χ1v) is 9.91. The van der Waals surface area contributed by atoms with Crippen LogP contribution in [0.25, 0.3) is 0 Å². The minimum absolute atomic E-state index is 0.105. The van der Waals surface area contributed by atoms with Gasteiger partial charge in [0, 0.05) is 17.5 Å². The van der Waals surface area contributed by atoms with E-state index in [2.05, 4.69) is 0 Å². The van der Waals surface area contributed by atoms with Crippen LogP contribution in [0, 0.1) is 5.92 Å². The third kappa shape index (κ3) is 3.27. The highest BCUT2D eigenvalue weighted by molar-refractivity contribution is 7.98. The quantitative estimate of drug-likeness (QED) is 0.832. The molecule has 0 spiro atoms. The number of benzene rings is 1. The fourth-order valence-corrected chi connectivity index (χ4v) is 5.39. The zero-order valence-electron chi connectivity index (χ0n) is 12.3. The molecular weight excluding hydrogens is 346 g/mol. The van der Waals surface area contributed by atoms with E-state index in [-0.39, 0.29) is 4.90 Å². The fraction of sp³-hybridized carbons (Fsp3) is 0.500. The largest absolute Gasteiger partial charge is 0.481 e. The second-order valence-corrected chi connectivity index (χ2v) is 8.39. The fourth-order valence-electron chi connectivity index (χ4n) is 2.72. The van der Waals surface area contributed by atoms with Gasteiger partial charge in [0.25, 0.3) is 0 Å². The first-order valence-electron chi connectivity index (χ1n) is 6.87. The average molecular weight is 364 g/mol. The van der Waals surface area contributed by atoms with E-state index in [9.17, 15) is 18.3 Å². The van der Waals surface area contributed by atoms with E-state index in [0.29, 0.717) is 24.4 Å². The van der Waals surface area contributed by atoms with Gasteiger partial charge in [-0.2, -0.15) is 4.31 Å². The molecule has 1 aliphatic heterocycles. The molecule has 0 unspecified atom stereocenters. The van der Waals surface area contributed by atoms with Crippen molar-refractivity contribution in [3.8, 4) is 0 Å². The van der Waals surface area contributed by atoms with Crippen molar-refractivity contribution in [2.24, 2.45) is 5.92 Å². The molecule has 1 heterocycles. The lowest BCUT2D eigenvalue weighted by molar-refractivity contribution is -0.144. The van der Waals surface area contributed by atoms with Crippen LogP contribution in [0.3, 0.4) is 0 Å². The Morgan fingerprint density at radius 1 is 1.45 bits per heavy atom. The summed E-state index contributed by atoms with van der Waals surface area (Å²) < 4.78 is 26.8. The highest BCUT2D eigenvalue weighted by Gasteiger charge is 2.39. The van der Waals surface area contributed by atoms with Gasteiger partial charge in [0.05, 0.1) is 15.8 Å². The predicted molar refractivity (Wildman–Crippen MR) is 86.9 cm³/mol. The van der Waals surface area contributed by atoms with Crippen molar-refractivity contribution < 1.29 is 18.3 Å². The zero-order chi connectivity index (χ0) is 16.5. The Morgan fingerprint density at radius 3 is 2.68 bits per heavy atom. The summed E-state index contributed by atoms with van der Waals surface area (Å²) in [7, 11) is -3.75. The standard InChI is InChI=1S/C14H18ClNO4S2/c1-9-11(14(17)18)4-3-7-16(9)22(19,20)10-5-6-13(21-2)12(15)8-10/h5-6,8-9,11H,3-4,7H2,1-2H3,(H,17,18)/t9-,11-/m0/s1. The monoisotopic (exact) mass is 363 g/mol. The molecule has 2 atom stereocenters. The van der Waals surface area contributed by atoms with Gasteiger partial charge in [0.2, 0.25) is 10.0 Å². The van der Waals surface area contributed by atoms with Gasteiger partial charge in [-0.15, -0.1) is 11.8 Å². The molecule has 0 aromatic heterocycles. The number of carboxylic acids is 1. The number of carboxylic acid groups (broad SMARTS) is 1. The van der Waals surface area contributed by atoms with Crippen molar-refractivity contribution in [3.63, 3.8) is 0 Å². The van der Waals surface area contributed by atoms with Crippen LogP contribution in [0.2, 0.25) is 5.02 Å². The lowest BCUT2D eigenvalue weighted by Crippen LogP contribution is -2.48. The number of hydrogen-bond donors (Lipinski definition) is 1. The van der Waals surface area contributed by atoms with Crippen LogP contribution in [-0.4, -0.2) is 42.6 Å². The van der Waals surface area contributed by atoms with Gasteiger partial charge >= 0.3 is 5.97 Å². The number of sulfonamides is 1. The highest BCUT2D eigenvalue weighted by Crippen LogP contribution is 2.32. The third-order valence-electron chi connectivity index (χ3n) is 3.98. The van der Waals surface area contributed by atoms with E-state index in [0.717, 1.165) is 4.90 Å². The second-order valence-electron chi connectivity index (χ2n) is 5.24. The van der Waals surface area contributed by atoms with Crippen LogP contribution in [0.15, 0.2) is 28.0 Å². The van der Waals surface area contributed by atoms with Crippen molar-refractivity contribution in [3.05, 3.63) is 23.2 Å². The van der Waals surface area contributed by atoms with Crippen molar-refractivity contribution in [1.82, 2.24) is 4.31 Å². The summed E-state index contributed by atoms with van der Waals surface area (Å²) in [4.78, 5) is 12.2. The third-order valence-corrected chi connectivity index (χ3v) is 7.18. The Hall–Kier alpha value is -0.760. The molecule has 22 heavy (non-hydrogen) atoms. The van der Waals surface area contributed by atoms with Crippen LogP contribution >= 0.6 is 23.4 Å². The molecule has 1 fully saturated rings. The van der Waals surface area contributed by atoms with E-state index >= 15 is 0 Å². The maximum Gasteiger partial charge on any atom is 0.308 e. The summed E-state index contributed by atoms with van der Waals surface area (Å²) in [6, 6.07) is 4.04. The summed E-state index contributed by atoms with van der Waals surface area (Å²) in [5, 5.41) is 9.61. The molecule has 1 aromatic rings. The molecular formula is C14H18ClNO4S2. The number of carbonyl (C=O) groups is 1. The molecule has 0 bridgehead atoms. The Morgan fingerprint density at radius 2 is 2.14 bits per heavy atom. The van der Waals surface area contributed by atoms with Crippen molar-refractivity contribution in [2.45, 2.75) is 35.6 Å². The molecule has 1 aliphatic rings. The van der Waals surface area contributed by atoms with Gasteiger partial charge in [0.1, 0.15) is 0 Å². The molecule has 0 amide bonds. The number of aliphatic carboxylic acids is 1. The molecule has 2 rings (SSSR count). The van der Waals surface area contributed by atoms with E-state index in [4.69, 9.17) is 11.6 Å². The average Bonchev–Trinajstić information content (AvgIpc) is 2.46. The van der Waals surface area contributed by atoms with Gasteiger partial charge in [-0.1, -0.05) is 11.6 Å². The smallest absolute Gasteiger partial charge is 0.308 e. The molecule has 0 aliphatic carbocycles. The summed E-state index contributed by atoms with van der Waals surface area (Å²) >= 11 is 7.53. The van der Waals surface area contributed by atoms with E-state index < -0.39 is 28.0 Å². The SMILES string of the molecule is CSc1ccc(S(=O)(=O)N2CCC[C@H](C(=O)O)[C@@H]2C)cc1Cl. The van der Waals surface area contributed by atoms with Gasteiger partial charge < -0.3 is 5.11 Å². The highest BCUT2D eigenvalue weighted by atomic mass is 35.5. The first kappa shape index (κ1) is 17.6. The second kappa shape index (κ2) is 6.78. The summed E-state index contributed by atoms with van der Waals surface area (Å²) in [6.07, 6.45) is 2.89.